The van der Waals surface area contributed by atoms with E-state index in [0.29, 0.717) is 13.0 Å². The van der Waals surface area contributed by atoms with Gasteiger partial charge in [-0.1, -0.05) is 24.1 Å². The molecule has 1 saturated carbocycles. The van der Waals surface area contributed by atoms with Crippen LogP contribution >= 0.6 is 0 Å². The van der Waals surface area contributed by atoms with Gasteiger partial charge >= 0.3 is 5.97 Å². The average Bonchev–Trinajstić information content (AvgIpc) is 2.48. The Morgan fingerprint density at radius 3 is 2.67 bits per heavy atom. The van der Waals surface area contributed by atoms with Gasteiger partial charge in [-0.25, -0.2) is 4.79 Å². The summed E-state index contributed by atoms with van der Waals surface area (Å²) in [6.45, 7) is 4.12. The minimum Gasteiger partial charge on any atom is -0.464 e. The standard InChI is InChI=1S/C17H23NO3/c1-3-21-17(20)16(14-6-4-5-7-15(14)19)18-13-10-8-12(2)9-11-13/h8-11,14,16,18H,3-7H2,1-2H3/t14-,16-/m0/s1. The zero-order valence-corrected chi connectivity index (χ0v) is 12.7. The zero-order chi connectivity index (χ0) is 15.2. The second-order valence-electron chi connectivity index (χ2n) is 5.56. The van der Waals surface area contributed by atoms with Crippen molar-refractivity contribution in [2.24, 2.45) is 5.92 Å². The van der Waals surface area contributed by atoms with E-state index in [4.69, 9.17) is 4.74 Å². The number of esters is 1. The van der Waals surface area contributed by atoms with Crippen molar-refractivity contribution >= 4 is 17.4 Å². The maximum absolute atomic E-state index is 12.2. The fourth-order valence-electron chi connectivity index (χ4n) is 2.75. The van der Waals surface area contributed by atoms with Crippen LogP contribution in [0.3, 0.4) is 0 Å². The van der Waals surface area contributed by atoms with Gasteiger partial charge in [-0.15, -0.1) is 0 Å². The number of aryl methyl sites for hydroxylation is 1. The molecular formula is C17H23NO3. The van der Waals surface area contributed by atoms with Crippen molar-refractivity contribution in [3.8, 4) is 0 Å². The Morgan fingerprint density at radius 1 is 1.33 bits per heavy atom. The van der Waals surface area contributed by atoms with E-state index in [9.17, 15) is 9.59 Å². The molecule has 0 amide bonds. The largest absolute Gasteiger partial charge is 0.464 e. The fourth-order valence-corrected chi connectivity index (χ4v) is 2.75. The van der Waals surface area contributed by atoms with Crippen LogP contribution in [0.25, 0.3) is 0 Å². The van der Waals surface area contributed by atoms with Crippen LogP contribution in [0, 0.1) is 12.8 Å². The summed E-state index contributed by atoms with van der Waals surface area (Å²) >= 11 is 0. The van der Waals surface area contributed by atoms with E-state index >= 15 is 0 Å². The monoisotopic (exact) mass is 289 g/mol. The number of anilines is 1. The van der Waals surface area contributed by atoms with E-state index in [1.807, 2.05) is 31.2 Å². The molecule has 0 radical (unpaired) electrons. The molecule has 1 aliphatic rings. The normalized spacial score (nSPS) is 19.9. The van der Waals surface area contributed by atoms with Crippen molar-refractivity contribution in [1.29, 1.82) is 0 Å². The number of rotatable bonds is 5. The first-order valence-electron chi connectivity index (χ1n) is 7.64. The van der Waals surface area contributed by atoms with Gasteiger partial charge in [0, 0.05) is 18.0 Å². The third-order valence-corrected chi connectivity index (χ3v) is 3.92. The van der Waals surface area contributed by atoms with E-state index in [0.717, 1.165) is 30.5 Å². The summed E-state index contributed by atoms with van der Waals surface area (Å²) in [5.41, 5.74) is 2.00. The highest BCUT2D eigenvalue weighted by molar-refractivity contribution is 5.91. The van der Waals surface area contributed by atoms with E-state index in [2.05, 4.69) is 5.32 Å². The Bertz CT molecular complexity index is 495. The highest BCUT2D eigenvalue weighted by atomic mass is 16.5. The molecule has 1 aromatic carbocycles. The molecule has 21 heavy (non-hydrogen) atoms. The first-order valence-corrected chi connectivity index (χ1v) is 7.64. The third-order valence-electron chi connectivity index (χ3n) is 3.92. The third kappa shape index (κ3) is 4.06. The first-order chi connectivity index (χ1) is 10.1. The number of Topliss-reactive ketones (excluding diaryl/α,β-unsaturated/α-hetero) is 1. The molecular weight excluding hydrogens is 266 g/mol. The topological polar surface area (TPSA) is 55.4 Å². The molecule has 1 fully saturated rings. The van der Waals surface area contributed by atoms with Gasteiger partial charge in [0.25, 0.3) is 0 Å². The lowest BCUT2D eigenvalue weighted by atomic mass is 9.82. The Balaban J connectivity index is 2.16. The molecule has 1 N–H and O–H groups in total. The van der Waals surface area contributed by atoms with E-state index < -0.39 is 6.04 Å². The predicted molar refractivity (Wildman–Crippen MR) is 82.2 cm³/mol. The quantitative estimate of drug-likeness (QED) is 0.846. The molecule has 0 aromatic heterocycles. The van der Waals surface area contributed by atoms with Gasteiger partial charge in [0.1, 0.15) is 11.8 Å². The maximum Gasteiger partial charge on any atom is 0.329 e. The van der Waals surface area contributed by atoms with Crippen LogP contribution in [0.2, 0.25) is 0 Å². The first kappa shape index (κ1) is 15.5. The lowest BCUT2D eigenvalue weighted by Gasteiger charge is -2.29. The van der Waals surface area contributed by atoms with Crippen LogP contribution in [0.1, 0.15) is 38.2 Å². The predicted octanol–water partition coefficient (Wildman–Crippen LogP) is 3.10. The van der Waals surface area contributed by atoms with Crippen LogP contribution in [0.4, 0.5) is 5.69 Å². The van der Waals surface area contributed by atoms with E-state index in [1.54, 1.807) is 6.92 Å². The Labute approximate surface area is 125 Å². The van der Waals surface area contributed by atoms with Crippen molar-refractivity contribution in [2.75, 3.05) is 11.9 Å². The van der Waals surface area contributed by atoms with Gasteiger partial charge < -0.3 is 10.1 Å². The molecule has 0 heterocycles. The van der Waals surface area contributed by atoms with Gasteiger partial charge in [0.15, 0.2) is 0 Å². The summed E-state index contributed by atoms with van der Waals surface area (Å²) < 4.78 is 5.15. The fraction of sp³-hybridized carbons (Fsp3) is 0.529. The zero-order valence-electron chi connectivity index (χ0n) is 12.7. The molecule has 1 aromatic rings. The number of nitrogens with one attached hydrogen (secondary N) is 1. The highest BCUT2D eigenvalue weighted by Gasteiger charge is 2.35. The molecule has 2 rings (SSSR count). The van der Waals surface area contributed by atoms with Crippen LogP contribution in [0.15, 0.2) is 24.3 Å². The molecule has 114 valence electrons. The Morgan fingerprint density at radius 2 is 2.05 bits per heavy atom. The van der Waals surface area contributed by atoms with Crippen LogP contribution in [-0.4, -0.2) is 24.4 Å². The minimum atomic E-state index is -0.583. The van der Waals surface area contributed by atoms with Gasteiger partial charge in [-0.2, -0.15) is 0 Å². The van der Waals surface area contributed by atoms with Crippen molar-refractivity contribution in [2.45, 2.75) is 45.6 Å². The van der Waals surface area contributed by atoms with Gasteiger partial charge in [0.2, 0.25) is 0 Å². The van der Waals surface area contributed by atoms with Crippen LogP contribution in [0.5, 0.6) is 0 Å². The van der Waals surface area contributed by atoms with Crippen molar-refractivity contribution in [3.05, 3.63) is 29.8 Å². The molecule has 0 unspecified atom stereocenters. The number of ether oxygens (including phenoxy) is 1. The summed E-state index contributed by atoms with van der Waals surface area (Å²) in [5, 5.41) is 3.20. The molecule has 1 aliphatic carbocycles. The maximum atomic E-state index is 12.2. The molecule has 0 spiro atoms. The van der Waals surface area contributed by atoms with Crippen LogP contribution < -0.4 is 5.32 Å². The Hall–Kier alpha value is -1.84. The van der Waals surface area contributed by atoms with Gasteiger partial charge in [-0.05, 0) is 38.8 Å². The summed E-state index contributed by atoms with van der Waals surface area (Å²) in [5.74, 6) is -0.448. The number of hydrogen-bond acceptors (Lipinski definition) is 4. The second-order valence-corrected chi connectivity index (χ2v) is 5.56. The summed E-state index contributed by atoms with van der Waals surface area (Å²) in [7, 11) is 0. The molecule has 4 heteroatoms. The molecule has 0 aliphatic heterocycles. The lowest BCUT2D eigenvalue weighted by Crippen LogP contribution is -2.43. The summed E-state index contributed by atoms with van der Waals surface area (Å²) in [6.07, 6.45) is 3.23. The van der Waals surface area contributed by atoms with Crippen LogP contribution in [-0.2, 0) is 14.3 Å². The van der Waals surface area contributed by atoms with Gasteiger partial charge in [-0.3, -0.25) is 4.79 Å². The van der Waals surface area contributed by atoms with Crippen molar-refractivity contribution in [1.82, 2.24) is 0 Å². The molecule has 0 bridgehead atoms. The Kier molecular flexibility index (Phi) is 5.37. The van der Waals surface area contributed by atoms with E-state index in [1.165, 1.54) is 0 Å². The lowest BCUT2D eigenvalue weighted by molar-refractivity contribution is -0.147. The number of carbonyl (C=O) groups is 2. The van der Waals surface area contributed by atoms with Crippen molar-refractivity contribution in [3.63, 3.8) is 0 Å². The SMILES string of the molecule is CCOC(=O)[C@@H](Nc1ccc(C)cc1)[C@H]1CCCCC1=O. The summed E-state index contributed by atoms with van der Waals surface area (Å²) in [6, 6.07) is 7.23. The average molecular weight is 289 g/mol. The van der Waals surface area contributed by atoms with E-state index in [-0.39, 0.29) is 17.7 Å². The number of carbonyl (C=O) groups excluding carboxylic acids is 2. The molecule has 2 atom stereocenters. The molecule has 4 nitrogen and oxygen atoms in total. The number of hydrogen-bond donors (Lipinski definition) is 1. The smallest absolute Gasteiger partial charge is 0.329 e. The van der Waals surface area contributed by atoms with Crippen molar-refractivity contribution < 1.29 is 14.3 Å². The molecule has 0 saturated heterocycles. The number of ketones is 1. The minimum absolute atomic E-state index is 0.166. The van der Waals surface area contributed by atoms with Gasteiger partial charge in [0.05, 0.1) is 6.61 Å². The second kappa shape index (κ2) is 7.25. The summed E-state index contributed by atoms with van der Waals surface area (Å²) in [4.78, 5) is 24.4. The number of benzene rings is 1. The highest BCUT2D eigenvalue weighted by Crippen LogP contribution is 2.26.